The minimum atomic E-state index is -4.61. The van der Waals surface area contributed by atoms with Gasteiger partial charge in [0.25, 0.3) is 0 Å². The van der Waals surface area contributed by atoms with Gasteiger partial charge in [0.15, 0.2) is 0 Å². The fourth-order valence-electron chi connectivity index (χ4n) is 0.960. The molecule has 0 aromatic heterocycles. The summed E-state index contributed by atoms with van der Waals surface area (Å²) < 4.78 is 41.3. The molecule has 1 rings (SSSR count). The second kappa shape index (κ2) is 5.21. The zero-order chi connectivity index (χ0) is 12.2. The summed E-state index contributed by atoms with van der Waals surface area (Å²) in [5.74, 6) is 0.574. The number of alkyl halides is 3. The van der Waals surface area contributed by atoms with Crippen molar-refractivity contribution in [1.82, 2.24) is 0 Å². The molecule has 0 unspecified atom stereocenters. The van der Waals surface area contributed by atoms with Gasteiger partial charge in [-0.15, -0.1) is 0 Å². The van der Waals surface area contributed by atoms with Gasteiger partial charge in [-0.25, -0.2) is 4.99 Å². The van der Waals surface area contributed by atoms with Crippen molar-refractivity contribution < 1.29 is 17.9 Å². The van der Waals surface area contributed by atoms with Gasteiger partial charge in [0, 0.05) is 0 Å². The molecule has 0 saturated carbocycles. The van der Waals surface area contributed by atoms with Crippen molar-refractivity contribution >= 4 is 22.5 Å². The van der Waals surface area contributed by atoms with Crippen LogP contribution in [0, 0.1) is 0 Å². The lowest BCUT2D eigenvalue weighted by Crippen LogP contribution is -2.16. The zero-order valence-corrected chi connectivity index (χ0v) is 9.14. The fraction of sp³-hybridized carbons (Fsp3) is 0.300. The molecule has 0 saturated heterocycles. The summed E-state index contributed by atoms with van der Waals surface area (Å²) in [5.41, 5.74) is 0.130. The Balaban J connectivity index is 2.83. The molecular formula is C10H9ClF3NO. The molecule has 0 heterocycles. The molecule has 0 amide bonds. The van der Waals surface area contributed by atoms with Gasteiger partial charge >= 0.3 is 6.18 Å². The van der Waals surface area contributed by atoms with Crippen molar-refractivity contribution in [2.75, 3.05) is 6.61 Å². The molecule has 0 fully saturated rings. The van der Waals surface area contributed by atoms with Crippen LogP contribution in [0.1, 0.15) is 6.92 Å². The minimum absolute atomic E-state index is 0.130. The standard InChI is InChI=1S/C10H9ClF3NO/c1-2-16-8-5-3-7(4-6-8)15-9(11)10(12,13)14/h3-6H,2H2,1H3. The van der Waals surface area contributed by atoms with Crippen LogP contribution < -0.4 is 4.74 Å². The van der Waals surface area contributed by atoms with Crippen LogP contribution in [0.5, 0.6) is 5.75 Å². The first-order chi connectivity index (χ1) is 7.43. The molecule has 0 aliphatic heterocycles. The first-order valence-corrected chi connectivity index (χ1v) is 4.85. The predicted octanol–water partition coefficient (Wildman–Crippen LogP) is 3.92. The van der Waals surface area contributed by atoms with Crippen LogP contribution in [0.3, 0.4) is 0 Å². The summed E-state index contributed by atoms with van der Waals surface area (Å²) in [6.45, 7) is 2.30. The molecule has 0 bridgehead atoms. The average Bonchev–Trinajstić information content (AvgIpc) is 2.20. The number of halogens is 4. The van der Waals surface area contributed by atoms with Gasteiger partial charge < -0.3 is 4.74 Å². The van der Waals surface area contributed by atoms with Crippen molar-refractivity contribution in [3.63, 3.8) is 0 Å². The molecule has 0 atom stereocenters. The number of aliphatic imine (C=N–C) groups is 1. The highest BCUT2D eigenvalue weighted by molar-refractivity contribution is 6.67. The third-order valence-electron chi connectivity index (χ3n) is 1.61. The first kappa shape index (κ1) is 12.8. The van der Waals surface area contributed by atoms with Crippen LogP contribution >= 0.6 is 11.6 Å². The summed E-state index contributed by atoms with van der Waals surface area (Å²) in [6, 6.07) is 5.87. The molecule has 2 nitrogen and oxygen atoms in total. The Morgan fingerprint density at radius 3 is 2.31 bits per heavy atom. The number of nitrogens with zero attached hydrogens (tertiary/aromatic N) is 1. The highest BCUT2D eigenvalue weighted by atomic mass is 35.5. The van der Waals surface area contributed by atoms with E-state index in [-0.39, 0.29) is 5.69 Å². The van der Waals surface area contributed by atoms with Crippen molar-refractivity contribution in [1.29, 1.82) is 0 Å². The maximum Gasteiger partial charge on any atom is 0.444 e. The molecule has 1 aromatic carbocycles. The third kappa shape index (κ3) is 3.73. The Hall–Kier alpha value is -1.23. The van der Waals surface area contributed by atoms with E-state index < -0.39 is 11.3 Å². The molecular weight excluding hydrogens is 243 g/mol. The Bertz CT molecular complexity index is 373. The molecule has 6 heteroatoms. The van der Waals surface area contributed by atoms with E-state index in [4.69, 9.17) is 16.3 Å². The minimum Gasteiger partial charge on any atom is -0.494 e. The summed E-state index contributed by atoms with van der Waals surface area (Å²) in [6.07, 6.45) is -4.61. The number of benzene rings is 1. The Morgan fingerprint density at radius 1 is 1.31 bits per heavy atom. The molecule has 0 aliphatic rings. The van der Waals surface area contributed by atoms with E-state index in [1.54, 1.807) is 0 Å². The van der Waals surface area contributed by atoms with Gasteiger partial charge in [-0.3, -0.25) is 0 Å². The van der Waals surface area contributed by atoms with Gasteiger partial charge in [-0.2, -0.15) is 13.2 Å². The molecule has 0 radical (unpaired) electrons. The SMILES string of the molecule is CCOc1ccc(N=C(Cl)C(F)(F)F)cc1. The lowest BCUT2D eigenvalue weighted by atomic mass is 10.3. The summed E-state index contributed by atoms with van der Waals surface area (Å²) in [4.78, 5) is 3.23. The van der Waals surface area contributed by atoms with Crippen LogP contribution in [-0.4, -0.2) is 18.0 Å². The second-order valence-corrected chi connectivity index (χ2v) is 3.19. The Labute approximate surface area is 95.7 Å². The van der Waals surface area contributed by atoms with E-state index in [1.165, 1.54) is 24.3 Å². The van der Waals surface area contributed by atoms with Crippen molar-refractivity contribution in [3.8, 4) is 5.75 Å². The highest BCUT2D eigenvalue weighted by Crippen LogP contribution is 2.25. The number of ether oxygens (including phenoxy) is 1. The van der Waals surface area contributed by atoms with Gasteiger partial charge in [0.1, 0.15) is 5.75 Å². The molecule has 1 aromatic rings. The molecule has 88 valence electrons. The Kier molecular flexibility index (Phi) is 4.18. The summed E-state index contributed by atoms with van der Waals surface area (Å²) >= 11 is 4.99. The van der Waals surface area contributed by atoms with E-state index in [0.29, 0.717) is 12.4 Å². The van der Waals surface area contributed by atoms with E-state index in [2.05, 4.69) is 4.99 Å². The largest absolute Gasteiger partial charge is 0.494 e. The second-order valence-electron chi connectivity index (χ2n) is 2.83. The van der Waals surface area contributed by atoms with E-state index in [0.717, 1.165) is 0 Å². The predicted molar refractivity (Wildman–Crippen MR) is 56.6 cm³/mol. The Morgan fingerprint density at radius 2 is 1.88 bits per heavy atom. The lowest BCUT2D eigenvalue weighted by Gasteiger charge is -2.04. The van der Waals surface area contributed by atoms with Crippen LogP contribution in [0.4, 0.5) is 18.9 Å². The van der Waals surface area contributed by atoms with E-state index >= 15 is 0 Å². The molecule has 0 aliphatic carbocycles. The average molecular weight is 252 g/mol. The number of hydrogen-bond donors (Lipinski definition) is 0. The van der Waals surface area contributed by atoms with Gasteiger partial charge in [-0.1, -0.05) is 11.6 Å². The van der Waals surface area contributed by atoms with Crippen LogP contribution in [0.25, 0.3) is 0 Å². The van der Waals surface area contributed by atoms with Crippen LogP contribution in [-0.2, 0) is 0 Å². The maximum atomic E-state index is 12.0. The van der Waals surface area contributed by atoms with Crippen molar-refractivity contribution in [2.24, 2.45) is 4.99 Å². The zero-order valence-electron chi connectivity index (χ0n) is 8.38. The third-order valence-corrected chi connectivity index (χ3v) is 1.91. The number of rotatable bonds is 3. The van der Waals surface area contributed by atoms with E-state index in [9.17, 15) is 13.2 Å². The van der Waals surface area contributed by atoms with E-state index in [1.807, 2.05) is 6.92 Å². The van der Waals surface area contributed by atoms with Gasteiger partial charge in [0.05, 0.1) is 12.3 Å². The number of hydrogen-bond acceptors (Lipinski definition) is 2. The summed E-state index contributed by atoms with van der Waals surface area (Å²) in [7, 11) is 0. The lowest BCUT2D eigenvalue weighted by molar-refractivity contribution is -0.0558. The topological polar surface area (TPSA) is 21.6 Å². The monoisotopic (exact) mass is 251 g/mol. The maximum absolute atomic E-state index is 12.0. The van der Waals surface area contributed by atoms with Gasteiger partial charge in [0.2, 0.25) is 5.17 Å². The molecule has 0 N–H and O–H groups in total. The highest BCUT2D eigenvalue weighted by Gasteiger charge is 2.34. The van der Waals surface area contributed by atoms with Crippen molar-refractivity contribution in [2.45, 2.75) is 13.1 Å². The summed E-state index contributed by atoms with van der Waals surface area (Å²) in [5, 5.41) is -1.39. The first-order valence-electron chi connectivity index (χ1n) is 4.47. The quantitative estimate of drug-likeness (QED) is 0.746. The van der Waals surface area contributed by atoms with Crippen LogP contribution in [0.2, 0.25) is 0 Å². The fourth-order valence-corrected chi connectivity index (χ4v) is 1.06. The smallest absolute Gasteiger partial charge is 0.444 e. The van der Waals surface area contributed by atoms with Gasteiger partial charge in [-0.05, 0) is 31.2 Å². The molecule has 0 spiro atoms. The molecule has 16 heavy (non-hydrogen) atoms. The normalized spacial score (nSPS) is 12.7. The van der Waals surface area contributed by atoms with Crippen LogP contribution in [0.15, 0.2) is 29.3 Å². The van der Waals surface area contributed by atoms with Crippen molar-refractivity contribution in [3.05, 3.63) is 24.3 Å².